The first-order valence-corrected chi connectivity index (χ1v) is 8.34. The van der Waals surface area contributed by atoms with Crippen molar-refractivity contribution in [3.8, 4) is 0 Å². The molecule has 6 heteroatoms. The Morgan fingerprint density at radius 2 is 2.04 bits per heavy atom. The number of amides is 1. The number of ether oxygens (including phenoxy) is 1. The Kier molecular flexibility index (Phi) is 5.00. The number of allylic oxidation sites excluding steroid dienone is 1. The summed E-state index contributed by atoms with van der Waals surface area (Å²) in [5.74, 6) is -0.0612. The molecule has 0 aliphatic heterocycles. The van der Waals surface area contributed by atoms with E-state index in [4.69, 9.17) is 20.8 Å². The Labute approximate surface area is 155 Å². The van der Waals surface area contributed by atoms with Gasteiger partial charge in [-0.25, -0.2) is 9.18 Å². The van der Waals surface area contributed by atoms with Crippen LogP contribution in [0.1, 0.15) is 31.3 Å². The fourth-order valence-electron chi connectivity index (χ4n) is 2.66. The highest BCUT2D eigenvalue weighted by molar-refractivity contribution is 6.31. The third-order valence-electron chi connectivity index (χ3n) is 3.89. The van der Waals surface area contributed by atoms with Crippen LogP contribution < -0.4 is 5.32 Å². The second kappa shape index (κ2) is 7.22. The number of hydrogen-bond donors (Lipinski definition) is 1. The maximum atomic E-state index is 13.4. The van der Waals surface area contributed by atoms with E-state index in [1.165, 1.54) is 18.2 Å². The Morgan fingerprint density at radius 1 is 1.31 bits per heavy atom. The normalized spacial score (nSPS) is 12.0. The van der Waals surface area contributed by atoms with Gasteiger partial charge >= 0.3 is 6.09 Å². The molecule has 3 rings (SSSR count). The van der Waals surface area contributed by atoms with E-state index < -0.39 is 18.0 Å². The maximum absolute atomic E-state index is 13.4. The molecule has 3 aromatic rings. The first kappa shape index (κ1) is 18.0. The summed E-state index contributed by atoms with van der Waals surface area (Å²) in [7, 11) is 0. The lowest BCUT2D eigenvalue weighted by atomic mass is 10.1. The molecular formula is C20H17ClFNO3. The van der Waals surface area contributed by atoms with Gasteiger partial charge in [0.05, 0.1) is 5.69 Å². The summed E-state index contributed by atoms with van der Waals surface area (Å²) in [6, 6.07) is 11.2. The first-order chi connectivity index (χ1) is 12.4. The fraction of sp³-hybridized carbons (Fsp3) is 0.150. The molecule has 0 aliphatic carbocycles. The van der Waals surface area contributed by atoms with Crippen LogP contribution in [0.3, 0.4) is 0 Å². The minimum atomic E-state index is -0.674. The topological polar surface area (TPSA) is 51.5 Å². The molecule has 1 amide bonds. The van der Waals surface area contributed by atoms with Crippen LogP contribution in [0.15, 0.2) is 53.5 Å². The molecule has 0 fully saturated rings. The monoisotopic (exact) mass is 373 g/mol. The van der Waals surface area contributed by atoms with E-state index in [2.05, 4.69) is 11.9 Å². The van der Waals surface area contributed by atoms with Crippen LogP contribution in [0, 0.1) is 5.82 Å². The number of halogens is 2. The van der Waals surface area contributed by atoms with Crippen molar-refractivity contribution in [1.29, 1.82) is 0 Å². The average molecular weight is 374 g/mol. The van der Waals surface area contributed by atoms with Crippen LogP contribution in [0.2, 0.25) is 5.02 Å². The van der Waals surface area contributed by atoms with Crippen molar-refractivity contribution in [1.82, 2.24) is 0 Å². The number of fused-ring (bicyclic) bond motifs is 1. The molecule has 0 saturated carbocycles. The zero-order valence-corrected chi connectivity index (χ0v) is 15.1. The zero-order valence-electron chi connectivity index (χ0n) is 14.3. The van der Waals surface area contributed by atoms with Crippen LogP contribution in [-0.2, 0) is 4.74 Å². The van der Waals surface area contributed by atoms with Gasteiger partial charge in [-0.3, -0.25) is 5.32 Å². The highest BCUT2D eigenvalue weighted by Gasteiger charge is 2.20. The minimum absolute atomic E-state index is 0.317. The predicted molar refractivity (Wildman–Crippen MR) is 101 cm³/mol. The smallest absolute Gasteiger partial charge is 0.412 e. The van der Waals surface area contributed by atoms with Crippen molar-refractivity contribution in [3.63, 3.8) is 0 Å². The van der Waals surface area contributed by atoms with Crippen LogP contribution >= 0.6 is 11.6 Å². The second-order valence-electron chi connectivity index (χ2n) is 5.92. The third-order valence-corrected chi connectivity index (χ3v) is 4.24. The van der Waals surface area contributed by atoms with Crippen LogP contribution in [0.25, 0.3) is 16.5 Å². The zero-order chi connectivity index (χ0) is 18.8. The number of benzene rings is 2. The third kappa shape index (κ3) is 3.58. The highest BCUT2D eigenvalue weighted by Crippen LogP contribution is 2.35. The quantitative estimate of drug-likeness (QED) is 0.562. The van der Waals surface area contributed by atoms with Crippen molar-refractivity contribution < 1.29 is 18.3 Å². The lowest BCUT2D eigenvalue weighted by molar-refractivity contribution is 0.121. The molecule has 0 spiro atoms. The summed E-state index contributed by atoms with van der Waals surface area (Å²) in [6.45, 7) is 7.29. The van der Waals surface area contributed by atoms with Gasteiger partial charge < -0.3 is 9.15 Å². The molecule has 1 heterocycles. The van der Waals surface area contributed by atoms with E-state index >= 15 is 0 Å². The average Bonchev–Trinajstić information content (AvgIpc) is 2.92. The van der Waals surface area contributed by atoms with Crippen molar-refractivity contribution in [2.24, 2.45) is 0 Å². The lowest BCUT2D eigenvalue weighted by Crippen LogP contribution is -2.16. The number of hydrogen-bond acceptors (Lipinski definition) is 3. The van der Waals surface area contributed by atoms with Crippen molar-refractivity contribution >= 4 is 39.9 Å². The lowest BCUT2D eigenvalue weighted by Gasteiger charge is -2.15. The van der Waals surface area contributed by atoms with E-state index in [0.717, 1.165) is 0 Å². The molecule has 4 nitrogen and oxygen atoms in total. The number of carbonyl (C=O) groups is 1. The van der Waals surface area contributed by atoms with Gasteiger partial charge in [0.1, 0.15) is 17.5 Å². The molecule has 0 aliphatic rings. The van der Waals surface area contributed by atoms with Gasteiger partial charge in [0.15, 0.2) is 5.76 Å². The highest BCUT2D eigenvalue weighted by atomic mass is 35.5. The summed E-state index contributed by atoms with van der Waals surface area (Å²) >= 11 is 6.13. The Hall–Kier alpha value is -2.79. The predicted octanol–water partition coefficient (Wildman–Crippen LogP) is 6.57. The van der Waals surface area contributed by atoms with Gasteiger partial charge in [0, 0.05) is 22.0 Å². The van der Waals surface area contributed by atoms with Gasteiger partial charge in [-0.05, 0) is 37.6 Å². The van der Waals surface area contributed by atoms with Crippen LogP contribution in [0.4, 0.5) is 14.9 Å². The molecule has 1 atom stereocenters. The maximum Gasteiger partial charge on any atom is 0.412 e. The van der Waals surface area contributed by atoms with Gasteiger partial charge in [-0.2, -0.15) is 0 Å². The first-order valence-electron chi connectivity index (χ1n) is 7.97. The number of anilines is 1. The van der Waals surface area contributed by atoms with Crippen LogP contribution in [-0.4, -0.2) is 6.09 Å². The minimum Gasteiger partial charge on any atom is -0.454 e. The standard InChI is InChI=1S/C20H17ClFNO3/c1-11(2)19-18(15-9-8-13(22)10-17(15)26-19)23-20(24)25-12(3)14-6-4-5-7-16(14)21/h4-10,12H,1H2,2-3H3,(H,23,24)/t12-/m1/s1. The van der Waals surface area contributed by atoms with E-state index in [1.54, 1.807) is 32.0 Å². The summed E-state index contributed by atoms with van der Waals surface area (Å²) in [5.41, 5.74) is 2.00. The van der Waals surface area contributed by atoms with Crippen molar-refractivity contribution in [3.05, 3.63) is 71.2 Å². The Balaban J connectivity index is 1.86. The Bertz CT molecular complexity index is 996. The summed E-state index contributed by atoms with van der Waals surface area (Å²) in [4.78, 5) is 12.4. The van der Waals surface area contributed by atoms with Crippen molar-refractivity contribution in [2.75, 3.05) is 5.32 Å². The van der Waals surface area contributed by atoms with Crippen molar-refractivity contribution in [2.45, 2.75) is 20.0 Å². The van der Waals surface area contributed by atoms with E-state index in [0.29, 0.717) is 38.6 Å². The van der Waals surface area contributed by atoms with E-state index in [9.17, 15) is 9.18 Å². The summed E-state index contributed by atoms with van der Waals surface area (Å²) in [5, 5.41) is 3.75. The molecule has 0 unspecified atom stereocenters. The summed E-state index contributed by atoms with van der Waals surface area (Å²) in [6.07, 6.45) is -1.22. The molecule has 1 N–H and O–H groups in total. The molecule has 0 saturated heterocycles. The molecule has 2 aromatic carbocycles. The van der Waals surface area contributed by atoms with Crippen LogP contribution in [0.5, 0.6) is 0 Å². The SMILES string of the molecule is C=C(C)c1oc2cc(F)ccc2c1NC(=O)O[C@H](C)c1ccccc1Cl. The molecule has 0 radical (unpaired) electrons. The molecule has 26 heavy (non-hydrogen) atoms. The molecule has 134 valence electrons. The molecule has 1 aromatic heterocycles. The summed E-state index contributed by atoms with van der Waals surface area (Å²) < 4.78 is 24.5. The number of rotatable bonds is 4. The second-order valence-corrected chi connectivity index (χ2v) is 6.33. The molecule has 0 bridgehead atoms. The number of furan rings is 1. The van der Waals surface area contributed by atoms with E-state index in [1.807, 2.05) is 6.07 Å². The molecular weight excluding hydrogens is 357 g/mol. The fourth-order valence-corrected chi connectivity index (χ4v) is 2.94. The number of nitrogens with one attached hydrogen (secondary N) is 1. The van der Waals surface area contributed by atoms with Gasteiger partial charge in [0.25, 0.3) is 0 Å². The largest absolute Gasteiger partial charge is 0.454 e. The van der Waals surface area contributed by atoms with Gasteiger partial charge in [-0.1, -0.05) is 36.4 Å². The Morgan fingerprint density at radius 3 is 2.73 bits per heavy atom. The van der Waals surface area contributed by atoms with Gasteiger partial charge in [0.2, 0.25) is 0 Å². The van der Waals surface area contributed by atoms with Gasteiger partial charge in [-0.15, -0.1) is 0 Å². The number of carbonyl (C=O) groups excluding carboxylic acids is 1. The van der Waals surface area contributed by atoms with E-state index in [-0.39, 0.29) is 0 Å².